The fourth-order valence-corrected chi connectivity index (χ4v) is 2.29. The van der Waals surface area contributed by atoms with Crippen LogP contribution in [0.1, 0.15) is 10.4 Å². The molecule has 0 saturated carbocycles. The molecule has 1 aliphatic carbocycles. The molecular weight excluding hydrogens is 248 g/mol. The summed E-state index contributed by atoms with van der Waals surface area (Å²) in [5, 5.41) is 19.5. The predicted octanol–water partition coefficient (Wildman–Crippen LogP) is 0.273. The number of epoxide rings is 1. The van der Waals surface area contributed by atoms with E-state index in [1.807, 2.05) is 6.07 Å². The Labute approximate surface area is 110 Å². The zero-order valence-electron chi connectivity index (χ0n) is 10.1. The monoisotopic (exact) mass is 262 g/mol. The third kappa shape index (κ3) is 2.06. The van der Waals surface area contributed by atoms with Crippen LogP contribution < -0.4 is 0 Å². The lowest BCUT2D eigenvalue weighted by Gasteiger charge is -2.24. The fourth-order valence-electron chi connectivity index (χ4n) is 2.29. The summed E-state index contributed by atoms with van der Waals surface area (Å²) in [6.45, 7) is -0.0754. The van der Waals surface area contributed by atoms with Crippen LogP contribution in [0.4, 0.5) is 0 Å². The summed E-state index contributed by atoms with van der Waals surface area (Å²) in [4.78, 5) is 11.8. The standard InChI is InChI=1S/C14H14O5/c15-10-6-7-11-14(19-11,12(10)16)8-18-13(17)9-4-2-1-3-5-9/h1-7,10-12,15-16H,8H2/t10-,11+,12+,14+/m0/s1. The summed E-state index contributed by atoms with van der Waals surface area (Å²) < 4.78 is 10.5. The molecule has 1 aliphatic heterocycles. The van der Waals surface area contributed by atoms with Gasteiger partial charge in [0.05, 0.1) is 5.56 Å². The number of aliphatic hydroxyl groups excluding tert-OH is 2. The van der Waals surface area contributed by atoms with E-state index in [1.165, 1.54) is 6.08 Å². The third-order valence-electron chi connectivity index (χ3n) is 3.52. The van der Waals surface area contributed by atoms with Crippen molar-refractivity contribution in [2.45, 2.75) is 23.9 Å². The fraction of sp³-hybridized carbons (Fsp3) is 0.357. The number of esters is 1. The maximum Gasteiger partial charge on any atom is 0.338 e. The Hall–Kier alpha value is -1.69. The summed E-state index contributed by atoms with van der Waals surface area (Å²) in [5.74, 6) is -0.472. The van der Waals surface area contributed by atoms with E-state index >= 15 is 0 Å². The zero-order valence-corrected chi connectivity index (χ0v) is 10.1. The van der Waals surface area contributed by atoms with Gasteiger partial charge in [0, 0.05) is 0 Å². The molecule has 0 radical (unpaired) electrons. The lowest BCUT2D eigenvalue weighted by atomic mass is 9.90. The van der Waals surface area contributed by atoms with Crippen LogP contribution in [0.2, 0.25) is 0 Å². The van der Waals surface area contributed by atoms with Crippen molar-refractivity contribution in [1.82, 2.24) is 0 Å². The molecule has 1 aromatic rings. The van der Waals surface area contributed by atoms with Gasteiger partial charge in [-0.05, 0) is 12.1 Å². The molecule has 0 unspecified atom stereocenters. The number of hydrogen-bond donors (Lipinski definition) is 2. The lowest BCUT2D eigenvalue weighted by Crippen LogP contribution is -2.46. The van der Waals surface area contributed by atoms with Crippen LogP contribution in [0.25, 0.3) is 0 Å². The van der Waals surface area contributed by atoms with E-state index in [0.717, 1.165) is 0 Å². The van der Waals surface area contributed by atoms with E-state index in [0.29, 0.717) is 5.56 Å². The topological polar surface area (TPSA) is 79.3 Å². The van der Waals surface area contributed by atoms with Gasteiger partial charge in [-0.25, -0.2) is 4.79 Å². The van der Waals surface area contributed by atoms with Crippen LogP contribution in [-0.4, -0.2) is 46.7 Å². The summed E-state index contributed by atoms with van der Waals surface area (Å²) in [6.07, 6.45) is 0.794. The van der Waals surface area contributed by atoms with Crippen molar-refractivity contribution in [3.05, 3.63) is 48.0 Å². The molecule has 0 spiro atoms. The molecule has 0 aromatic heterocycles. The molecule has 1 heterocycles. The largest absolute Gasteiger partial charge is 0.459 e. The first-order valence-corrected chi connectivity index (χ1v) is 6.08. The Bertz CT molecular complexity index is 512. The molecule has 1 fully saturated rings. The summed E-state index contributed by atoms with van der Waals surface area (Å²) in [5.41, 5.74) is -0.545. The van der Waals surface area contributed by atoms with Crippen LogP contribution in [0.3, 0.4) is 0 Å². The van der Waals surface area contributed by atoms with Gasteiger partial charge in [0.1, 0.15) is 24.9 Å². The lowest BCUT2D eigenvalue weighted by molar-refractivity contribution is -0.0361. The molecule has 1 aromatic carbocycles. The number of carbonyl (C=O) groups is 1. The van der Waals surface area contributed by atoms with Crippen molar-refractivity contribution in [2.75, 3.05) is 6.61 Å². The van der Waals surface area contributed by atoms with E-state index in [9.17, 15) is 15.0 Å². The highest BCUT2D eigenvalue weighted by molar-refractivity contribution is 5.89. The summed E-state index contributed by atoms with van der Waals surface area (Å²) in [7, 11) is 0. The Morgan fingerprint density at radius 2 is 2.00 bits per heavy atom. The predicted molar refractivity (Wildman–Crippen MR) is 65.5 cm³/mol. The highest BCUT2D eigenvalue weighted by Gasteiger charge is 2.64. The maximum atomic E-state index is 11.8. The van der Waals surface area contributed by atoms with E-state index < -0.39 is 23.8 Å². The summed E-state index contributed by atoms with van der Waals surface area (Å²) in [6, 6.07) is 8.59. The van der Waals surface area contributed by atoms with Crippen LogP contribution in [0.15, 0.2) is 42.5 Å². The second-order valence-electron chi connectivity index (χ2n) is 4.76. The second-order valence-corrected chi connectivity index (χ2v) is 4.76. The minimum atomic E-state index is -1.08. The van der Waals surface area contributed by atoms with Crippen molar-refractivity contribution < 1.29 is 24.5 Å². The van der Waals surface area contributed by atoms with Crippen LogP contribution in [-0.2, 0) is 9.47 Å². The van der Waals surface area contributed by atoms with E-state index in [1.54, 1.807) is 30.3 Å². The van der Waals surface area contributed by atoms with Crippen LogP contribution in [0, 0.1) is 0 Å². The molecule has 5 heteroatoms. The first kappa shape index (κ1) is 12.3. The van der Waals surface area contributed by atoms with Gasteiger partial charge >= 0.3 is 5.97 Å². The quantitative estimate of drug-likeness (QED) is 0.464. The molecule has 19 heavy (non-hydrogen) atoms. The smallest absolute Gasteiger partial charge is 0.338 e. The van der Waals surface area contributed by atoms with Gasteiger partial charge in [0.15, 0.2) is 5.60 Å². The number of benzene rings is 1. The van der Waals surface area contributed by atoms with Crippen molar-refractivity contribution in [3.63, 3.8) is 0 Å². The average Bonchev–Trinajstić information content (AvgIpc) is 3.17. The Morgan fingerprint density at radius 3 is 2.74 bits per heavy atom. The van der Waals surface area contributed by atoms with E-state index in [-0.39, 0.29) is 12.7 Å². The van der Waals surface area contributed by atoms with Gasteiger partial charge in [-0.1, -0.05) is 30.4 Å². The minimum Gasteiger partial charge on any atom is -0.459 e. The zero-order chi connectivity index (χ0) is 13.5. The molecule has 100 valence electrons. The second kappa shape index (κ2) is 4.45. The summed E-state index contributed by atoms with van der Waals surface area (Å²) >= 11 is 0. The van der Waals surface area contributed by atoms with Gasteiger partial charge in [-0.3, -0.25) is 0 Å². The molecule has 1 saturated heterocycles. The SMILES string of the molecule is O=C(OC[C@@]12O[C@@H]1C=C[C@H](O)[C@H]2O)c1ccccc1. The minimum absolute atomic E-state index is 0.0754. The number of aliphatic hydroxyl groups is 2. The van der Waals surface area contributed by atoms with Crippen molar-refractivity contribution in [2.24, 2.45) is 0 Å². The average molecular weight is 262 g/mol. The third-order valence-corrected chi connectivity index (χ3v) is 3.52. The van der Waals surface area contributed by atoms with Crippen molar-refractivity contribution >= 4 is 5.97 Å². The highest BCUT2D eigenvalue weighted by Crippen LogP contribution is 2.45. The molecule has 2 aliphatic rings. The molecule has 0 amide bonds. The maximum absolute atomic E-state index is 11.8. The Kier molecular flexibility index (Phi) is 2.89. The number of ether oxygens (including phenoxy) is 2. The number of hydrogen-bond acceptors (Lipinski definition) is 5. The molecule has 4 atom stereocenters. The van der Waals surface area contributed by atoms with E-state index in [2.05, 4.69) is 0 Å². The Balaban J connectivity index is 1.65. The molecule has 5 nitrogen and oxygen atoms in total. The van der Waals surface area contributed by atoms with Crippen LogP contribution in [0.5, 0.6) is 0 Å². The molecule has 0 bridgehead atoms. The highest BCUT2D eigenvalue weighted by atomic mass is 16.7. The number of rotatable bonds is 3. The molecular formula is C14H14O5. The van der Waals surface area contributed by atoms with Crippen molar-refractivity contribution in [1.29, 1.82) is 0 Å². The molecule has 2 N–H and O–H groups in total. The molecule has 3 rings (SSSR count). The Morgan fingerprint density at radius 1 is 1.26 bits per heavy atom. The van der Waals surface area contributed by atoms with E-state index in [4.69, 9.17) is 9.47 Å². The van der Waals surface area contributed by atoms with Crippen molar-refractivity contribution in [3.8, 4) is 0 Å². The van der Waals surface area contributed by atoms with Gasteiger partial charge in [0.2, 0.25) is 0 Å². The number of fused-ring (bicyclic) bond motifs is 1. The van der Waals surface area contributed by atoms with Crippen LogP contribution >= 0.6 is 0 Å². The van der Waals surface area contributed by atoms with Gasteiger partial charge in [-0.2, -0.15) is 0 Å². The first-order chi connectivity index (χ1) is 9.13. The van der Waals surface area contributed by atoms with Gasteiger partial charge < -0.3 is 19.7 Å². The van der Waals surface area contributed by atoms with Gasteiger partial charge in [-0.15, -0.1) is 0 Å². The van der Waals surface area contributed by atoms with Gasteiger partial charge in [0.25, 0.3) is 0 Å². The first-order valence-electron chi connectivity index (χ1n) is 6.08. The normalized spacial score (nSPS) is 35.6. The number of carbonyl (C=O) groups excluding carboxylic acids is 1.